The maximum atomic E-state index is 14.0. The Morgan fingerprint density at radius 3 is 2.48 bits per heavy atom. The lowest BCUT2D eigenvalue weighted by Crippen LogP contribution is -2.42. The molecule has 0 bridgehead atoms. The van der Waals surface area contributed by atoms with Crippen LogP contribution < -0.4 is 5.14 Å². The van der Waals surface area contributed by atoms with Gasteiger partial charge < -0.3 is 9.64 Å². The van der Waals surface area contributed by atoms with E-state index in [1.54, 1.807) is 4.90 Å². The van der Waals surface area contributed by atoms with E-state index in [-0.39, 0.29) is 21.3 Å². The van der Waals surface area contributed by atoms with E-state index in [4.69, 9.17) is 9.88 Å². The summed E-state index contributed by atoms with van der Waals surface area (Å²) in [5, 5.41) is 5.17. The smallest absolute Gasteiger partial charge is 0.410 e. The van der Waals surface area contributed by atoms with Crippen molar-refractivity contribution in [2.24, 2.45) is 5.14 Å². The Kier molecular flexibility index (Phi) is 5.95. The first-order valence-electron chi connectivity index (χ1n) is 7.78. The minimum absolute atomic E-state index is 0.0843. The highest BCUT2D eigenvalue weighted by molar-refractivity contribution is 7.99. The number of rotatable bonds is 3. The van der Waals surface area contributed by atoms with Gasteiger partial charge in [0.15, 0.2) is 5.82 Å². The highest BCUT2D eigenvalue weighted by Gasteiger charge is 2.28. The monoisotopic (exact) mass is 391 g/mol. The van der Waals surface area contributed by atoms with Crippen molar-refractivity contribution in [1.82, 2.24) is 9.88 Å². The van der Waals surface area contributed by atoms with Crippen molar-refractivity contribution in [2.45, 2.75) is 54.4 Å². The predicted octanol–water partition coefficient (Wildman–Crippen LogP) is 2.36. The fraction of sp³-hybridized carbons (Fsp3) is 0.600. The van der Waals surface area contributed by atoms with Crippen LogP contribution in [0.1, 0.15) is 33.6 Å². The first-order valence-corrected chi connectivity index (χ1v) is 10.2. The van der Waals surface area contributed by atoms with E-state index in [9.17, 15) is 17.6 Å². The molecule has 7 nitrogen and oxygen atoms in total. The van der Waals surface area contributed by atoms with Crippen LogP contribution in [0.15, 0.2) is 22.2 Å². The lowest BCUT2D eigenvalue weighted by atomic mass is 10.1. The number of hydrogen-bond acceptors (Lipinski definition) is 6. The fourth-order valence-electron chi connectivity index (χ4n) is 2.29. The van der Waals surface area contributed by atoms with Crippen molar-refractivity contribution in [3.8, 4) is 0 Å². The van der Waals surface area contributed by atoms with E-state index in [0.29, 0.717) is 25.9 Å². The zero-order valence-electron chi connectivity index (χ0n) is 14.4. The lowest BCUT2D eigenvalue weighted by Gasteiger charge is -2.33. The Labute approximate surface area is 151 Å². The molecule has 0 atom stereocenters. The Balaban J connectivity index is 1.93. The second-order valence-corrected chi connectivity index (χ2v) is 9.64. The molecule has 25 heavy (non-hydrogen) atoms. The average Bonchev–Trinajstić information content (AvgIpc) is 2.47. The third-order valence-corrected chi connectivity index (χ3v) is 5.69. The molecular formula is C15H22FN3O4S2. The van der Waals surface area contributed by atoms with Crippen LogP contribution in [-0.2, 0) is 14.8 Å². The zero-order valence-corrected chi connectivity index (χ0v) is 16.0. The van der Waals surface area contributed by atoms with Gasteiger partial charge in [0.25, 0.3) is 0 Å². The quantitative estimate of drug-likeness (QED) is 0.848. The number of likely N-dealkylation sites (tertiary alicyclic amines) is 1. The molecule has 140 valence electrons. The summed E-state index contributed by atoms with van der Waals surface area (Å²) in [5.74, 6) is -0.717. The van der Waals surface area contributed by atoms with Crippen molar-refractivity contribution in [3.05, 3.63) is 18.1 Å². The first-order chi connectivity index (χ1) is 11.5. The number of carbonyl (C=O) groups excluding carboxylic acids is 1. The molecule has 0 aromatic carbocycles. The topological polar surface area (TPSA) is 103 Å². The van der Waals surface area contributed by atoms with Crippen molar-refractivity contribution >= 4 is 27.9 Å². The number of nitrogens with zero attached hydrogens (tertiary/aromatic N) is 2. The molecule has 1 aromatic heterocycles. The standard InChI is InChI=1S/C15H22FN3O4S2/c1-15(2,3)23-14(20)19-6-4-10(5-7-19)24-13-12(16)8-11(9-18-13)25(17,21)22/h8-10H,4-7H2,1-3H3,(H2,17,21,22). The number of halogens is 1. The summed E-state index contributed by atoms with van der Waals surface area (Å²) in [5.41, 5.74) is -0.541. The second kappa shape index (κ2) is 7.46. The summed E-state index contributed by atoms with van der Waals surface area (Å²) in [7, 11) is -3.98. The summed E-state index contributed by atoms with van der Waals surface area (Å²) >= 11 is 1.24. The van der Waals surface area contributed by atoms with E-state index in [1.807, 2.05) is 20.8 Å². The molecule has 0 saturated carbocycles. The summed E-state index contributed by atoms with van der Waals surface area (Å²) in [6.45, 7) is 6.47. The molecule has 1 aliphatic rings. The highest BCUT2D eigenvalue weighted by Crippen LogP contribution is 2.31. The maximum Gasteiger partial charge on any atom is 0.410 e. The molecule has 0 spiro atoms. The minimum Gasteiger partial charge on any atom is -0.444 e. The number of thioether (sulfide) groups is 1. The van der Waals surface area contributed by atoms with Gasteiger partial charge in [-0.05, 0) is 39.7 Å². The zero-order chi connectivity index (χ0) is 18.8. The average molecular weight is 391 g/mol. The number of sulfonamides is 1. The van der Waals surface area contributed by atoms with Crippen LogP contribution in [-0.4, -0.2) is 48.3 Å². The van der Waals surface area contributed by atoms with Gasteiger partial charge in [0.2, 0.25) is 10.0 Å². The van der Waals surface area contributed by atoms with Crippen LogP contribution >= 0.6 is 11.8 Å². The van der Waals surface area contributed by atoms with E-state index in [0.717, 1.165) is 12.3 Å². The highest BCUT2D eigenvalue weighted by atomic mass is 32.2. The van der Waals surface area contributed by atoms with E-state index in [2.05, 4.69) is 4.98 Å². The number of amides is 1. The van der Waals surface area contributed by atoms with Crippen LogP contribution in [0.4, 0.5) is 9.18 Å². The van der Waals surface area contributed by atoms with Gasteiger partial charge >= 0.3 is 6.09 Å². The van der Waals surface area contributed by atoms with Crippen LogP contribution in [0.5, 0.6) is 0 Å². The van der Waals surface area contributed by atoms with Crippen molar-refractivity contribution in [3.63, 3.8) is 0 Å². The number of primary sulfonamides is 1. The predicted molar refractivity (Wildman–Crippen MR) is 92.3 cm³/mol. The number of nitrogens with two attached hydrogens (primary N) is 1. The lowest BCUT2D eigenvalue weighted by molar-refractivity contribution is 0.0219. The van der Waals surface area contributed by atoms with Gasteiger partial charge in [-0.3, -0.25) is 0 Å². The van der Waals surface area contributed by atoms with Gasteiger partial charge in [-0.15, -0.1) is 0 Å². The molecule has 0 aliphatic carbocycles. The summed E-state index contributed by atoms with van der Waals surface area (Å²) < 4.78 is 41.8. The Bertz CT molecular complexity index is 742. The molecule has 10 heteroatoms. The van der Waals surface area contributed by atoms with Gasteiger partial charge in [0.05, 0.1) is 0 Å². The summed E-state index contributed by atoms with van der Waals surface area (Å²) in [6.07, 6.45) is 2.04. The molecule has 0 radical (unpaired) electrons. The number of ether oxygens (including phenoxy) is 1. The van der Waals surface area contributed by atoms with E-state index < -0.39 is 21.4 Å². The van der Waals surface area contributed by atoms with Crippen LogP contribution in [0.25, 0.3) is 0 Å². The van der Waals surface area contributed by atoms with Gasteiger partial charge in [-0.2, -0.15) is 0 Å². The number of carbonyl (C=O) groups is 1. The molecule has 0 unspecified atom stereocenters. The molecule has 1 amide bonds. The molecule has 1 aromatic rings. The maximum absolute atomic E-state index is 14.0. The number of piperidine rings is 1. The van der Waals surface area contributed by atoms with Gasteiger partial charge in [-0.1, -0.05) is 11.8 Å². The van der Waals surface area contributed by atoms with E-state index >= 15 is 0 Å². The van der Waals surface area contributed by atoms with Crippen LogP contribution in [0.3, 0.4) is 0 Å². The third kappa shape index (κ3) is 5.82. The number of pyridine rings is 1. The normalized spacial score (nSPS) is 16.8. The number of hydrogen-bond donors (Lipinski definition) is 1. The molecule has 2 N–H and O–H groups in total. The second-order valence-electron chi connectivity index (χ2n) is 6.79. The third-order valence-electron chi connectivity index (χ3n) is 3.48. The van der Waals surface area contributed by atoms with Crippen molar-refractivity contribution in [2.75, 3.05) is 13.1 Å². The molecule has 1 saturated heterocycles. The number of aromatic nitrogens is 1. The van der Waals surface area contributed by atoms with Gasteiger partial charge in [-0.25, -0.2) is 27.7 Å². The molecule has 2 rings (SSSR count). The Morgan fingerprint density at radius 2 is 2.00 bits per heavy atom. The van der Waals surface area contributed by atoms with Crippen molar-refractivity contribution in [1.29, 1.82) is 0 Å². The SMILES string of the molecule is CC(C)(C)OC(=O)N1CCC(Sc2ncc(S(N)(=O)=O)cc2F)CC1. The van der Waals surface area contributed by atoms with Gasteiger partial charge in [0.1, 0.15) is 15.5 Å². The van der Waals surface area contributed by atoms with Crippen molar-refractivity contribution < 1.29 is 22.3 Å². The Morgan fingerprint density at radius 1 is 1.40 bits per heavy atom. The largest absolute Gasteiger partial charge is 0.444 e. The molecule has 2 heterocycles. The van der Waals surface area contributed by atoms with E-state index in [1.165, 1.54) is 11.8 Å². The fourth-order valence-corrected chi connectivity index (χ4v) is 3.81. The Hall–Kier alpha value is -1.39. The first kappa shape index (κ1) is 19.9. The molecule has 1 fully saturated rings. The van der Waals surface area contributed by atoms with Gasteiger partial charge in [0, 0.05) is 24.5 Å². The van der Waals surface area contributed by atoms with Crippen LogP contribution in [0, 0.1) is 5.82 Å². The molecular weight excluding hydrogens is 369 g/mol. The summed E-state index contributed by atoms with van der Waals surface area (Å²) in [6, 6.07) is 0.875. The minimum atomic E-state index is -3.98. The summed E-state index contributed by atoms with van der Waals surface area (Å²) in [4.78, 5) is 17.2. The van der Waals surface area contributed by atoms with Crippen LogP contribution in [0.2, 0.25) is 0 Å². The molecule has 1 aliphatic heterocycles.